The Morgan fingerprint density at radius 1 is 1.12 bits per heavy atom. The maximum Gasteiger partial charge on any atom is 0.0832 e. The van der Waals surface area contributed by atoms with Gasteiger partial charge in [-0.2, -0.15) is 5.26 Å². The standard InChI is InChI=1S/C16H21N/c1-12(2)13-5-7-14(8-6-13)16(11-17)9-15(3,4)10-16/h5-8,12H,9-10H2,1-4H3. The lowest BCUT2D eigenvalue weighted by Gasteiger charge is -2.49. The Bertz CT molecular complexity index is 437. The summed E-state index contributed by atoms with van der Waals surface area (Å²) in [6.07, 6.45) is 1.97. The highest BCUT2D eigenvalue weighted by atomic mass is 14.5. The Kier molecular flexibility index (Phi) is 2.78. The first-order chi connectivity index (χ1) is 7.88. The van der Waals surface area contributed by atoms with Crippen LogP contribution in [-0.4, -0.2) is 0 Å². The quantitative estimate of drug-likeness (QED) is 0.735. The molecule has 1 fully saturated rings. The lowest BCUT2D eigenvalue weighted by atomic mass is 9.52. The predicted octanol–water partition coefficient (Wildman–Crippen LogP) is 4.39. The molecule has 1 aromatic carbocycles. The van der Waals surface area contributed by atoms with Crippen LogP contribution in [0.4, 0.5) is 0 Å². The monoisotopic (exact) mass is 227 g/mol. The molecule has 0 atom stereocenters. The molecule has 1 aliphatic rings. The molecule has 1 aliphatic carbocycles. The van der Waals surface area contributed by atoms with Crippen molar-refractivity contribution < 1.29 is 0 Å². The van der Waals surface area contributed by atoms with Crippen LogP contribution in [0.15, 0.2) is 24.3 Å². The van der Waals surface area contributed by atoms with Crippen LogP contribution in [0.3, 0.4) is 0 Å². The zero-order chi connectivity index (χ0) is 12.7. The van der Waals surface area contributed by atoms with Crippen molar-refractivity contribution in [1.82, 2.24) is 0 Å². The molecule has 0 radical (unpaired) electrons. The van der Waals surface area contributed by atoms with E-state index in [1.165, 1.54) is 11.1 Å². The summed E-state index contributed by atoms with van der Waals surface area (Å²) in [5.74, 6) is 0.555. The summed E-state index contributed by atoms with van der Waals surface area (Å²) in [5, 5.41) is 9.45. The van der Waals surface area contributed by atoms with Crippen molar-refractivity contribution in [2.24, 2.45) is 5.41 Å². The fourth-order valence-corrected chi connectivity index (χ4v) is 3.12. The summed E-state index contributed by atoms with van der Waals surface area (Å²) in [5.41, 5.74) is 2.65. The zero-order valence-corrected chi connectivity index (χ0v) is 11.2. The molecule has 1 nitrogen and oxygen atoms in total. The first-order valence-electron chi connectivity index (χ1n) is 6.40. The first-order valence-corrected chi connectivity index (χ1v) is 6.40. The van der Waals surface area contributed by atoms with Gasteiger partial charge in [-0.05, 0) is 35.3 Å². The third-order valence-corrected chi connectivity index (χ3v) is 3.90. The molecule has 0 unspecified atom stereocenters. The number of hydrogen-bond acceptors (Lipinski definition) is 1. The molecule has 1 aromatic rings. The minimum atomic E-state index is -0.223. The highest BCUT2D eigenvalue weighted by molar-refractivity contribution is 5.39. The second kappa shape index (κ2) is 3.88. The molecule has 0 aliphatic heterocycles. The van der Waals surface area contributed by atoms with Crippen LogP contribution < -0.4 is 0 Å². The SMILES string of the molecule is CC(C)c1ccc(C2(C#N)CC(C)(C)C2)cc1. The topological polar surface area (TPSA) is 23.8 Å². The van der Waals surface area contributed by atoms with E-state index in [-0.39, 0.29) is 5.41 Å². The second-order valence-corrected chi connectivity index (χ2v) is 6.49. The van der Waals surface area contributed by atoms with Gasteiger partial charge in [0.15, 0.2) is 0 Å². The van der Waals surface area contributed by atoms with Crippen LogP contribution in [0.1, 0.15) is 57.6 Å². The minimum absolute atomic E-state index is 0.223. The lowest BCUT2D eigenvalue weighted by molar-refractivity contribution is 0.0999. The highest BCUT2D eigenvalue weighted by Gasteiger charge is 2.50. The fourth-order valence-electron chi connectivity index (χ4n) is 3.12. The van der Waals surface area contributed by atoms with Gasteiger partial charge in [-0.25, -0.2) is 0 Å². The molecule has 1 heteroatoms. The number of rotatable bonds is 2. The van der Waals surface area contributed by atoms with Gasteiger partial charge >= 0.3 is 0 Å². The molecule has 0 N–H and O–H groups in total. The van der Waals surface area contributed by atoms with Gasteiger partial charge in [-0.1, -0.05) is 52.0 Å². The third-order valence-electron chi connectivity index (χ3n) is 3.90. The summed E-state index contributed by atoms with van der Waals surface area (Å²) in [6, 6.07) is 11.2. The highest BCUT2D eigenvalue weighted by Crippen LogP contribution is 2.54. The van der Waals surface area contributed by atoms with Gasteiger partial charge < -0.3 is 0 Å². The molecule has 0 saturated heterocycles. The van der Waals surface area contributed by atoms with Crippen molar-refractivity contribution >= 4 is 0 Å². The fraction of sp³-hybridized carbons (Fsp3) is 0.562. The average Bonchev–Trinajstić information content (AvgIpc) is 2.25. The van der Waals surface area contributed by atoms with Crippen molar-refractivity contribution in [2.75, 3.05) is 0 Å². The van der Waals surface area contributed by atoms with E-state index in [2.05, 4.69) is 58.0 Å². The first kappa shape index (κ1) is 12.2. The normalized spacial score (nSPS) is 20.7. The molecular weight excluding hydrogens is 206 g/mol. The molecule has 0 spiro atoms. The van der Waals surface area contributed by atoms with Crippen LogP contribution in [0.25, 0.3) is 0 Å². The summed E-state index contributed by atoms with van der Waals surface area (Å²) >= 11 is 0. The molecule has 1 saturated carbocycles. The summed E-state index contributed by atoms with van der Waals surface area (Å²) < 4.78 is 0. The minimum Gasteiger partial charge on any atom is -0.197 e. The Morgan fingerprint density at radius 2 is 1.65 bits per heavy atom. The van der Waals surface area contributed by atoms with Gasteiger partial charge in [0.1, 0.15) is 0 Å². The number of nitriles is 1. The summed E-state index contributed by atoms with van der Waals surface area (Å²) in [4.78, 5) is 0. The Balaban J connectivity index is 2.26. The molecule has 0 heterocycles. The van der Waals surface area contributed by atoms with E-state index in [1.807, 2.05) is 0 Å². The van der Waals surface area contributed by atoms with Crippen LogP contribution in [0.5, 0.6) is 0 Å². The summed E-state index contributed by atoms with van der Waals surface area (Å²) in [7, 11) is 0. The number of benzene rings is 1. The molecule has 0 bridgehead atoms. The van der Waals surface area contributed by atoms with E-state index >= 15 is 0 Å². The van der Waals surface area contributed by atoms with Crippen molar-refractivity contribution in [3.8, 4) is 6.07 Å². The van der Waals surface area contributed by atoms with Crippen LogP contribution in [0.2, 0.25) is 0 Å². The van der Waals surface area contributed by atoms with Gasteiger partial charge in [0, 0.05) is 0 Å². The molecule has 90 valence electrons. The van der Waals surface area contributed by atoms with Crippen molar-refractivity contribution in [3.05, 3.63) is 35.4 Å². The van der Waals surface area contributed by atoms with Gasteiger partial charge in [0.2, 0.25) is 0 Å². The Labute approximate surface area is 104 Å². The second-order valence-electron chi connectivity index (χ2n) is 6.49. The molecule has 17 heavy (non-hydrogen) atoms. The van der Waals surface area contributed by atoms with Crippen molar-refractivity contribution in [2.45, 2.75) is 51.9 Å². The number of hydrogen-bond donors (Lipinski definition) is 0. The predicted molar refractivity (Wildman–Crippen MR) is 70.8 cm³/mol. The van der Waals surface area contributed by atoms with Crippen molar-refractivity contribution in [3.63, 3.8) is 0 Å². The van der Waals surface area contributed by atoms with E-state index in [4.69, 9.17) is 0 Å². The largest absolute Gasteiger partial charge is 0.197 e. The zero-order valence-electron chi connectivity index (χ0n) is 11.2. The van der Waals surface area contributed by atoms with E-state index in [1.54, 1.807) is 0 Å². The van der Waals surface area contributed by atoms with E-state index in [0.717, 1.165) is 12.8 Å². The van der Waals surface area contributed by atoms with E-state index in [0.29, 0.717) is 11.3 Å². The van der Waals surface area contributed by atoms with Gasteiger partial charge in [-0.15, -0.1) is 0 Å². The van der Waals surface area contributed by atoms with Gasteiger partial charge in [0.05, 0.1) is 11.5 Å². The Morgan fingerprint density at radius 3 is 2.00 bits per heavy atom. The van der Waals surface area contributed by atoms with Crippen LogP contribution >= 0.6 is 0 Å². The molecule has 0 amide bonds. The smallest absolute Gasteiger partial charge is 0.0832 e. The third kappa shape index (κ3) is 2.09. The van der Waals surface area contributed by atoms with Gasteiger partial charge in [-0.3, -0.25) is 0 Å². The Hall–Kier alpha value is -1.29. The van der Waals surface area contributed by atoms with Crippen LogP contribution in [-0.2, 0) is 5.41 Å². The van der Waals surface area contributed by atoms with Crippen molar-refractivity contribution in [1.29, 1.82) is 5.26 Å². The lowest BCUT2D eigenvalue weighted by Crippen LogP contribution is -2.45. The molecule has 2 rings (SSSR count). The summed E-state index contributed by atoms with van der Waals surface area (Å²) in [6.45, 7) is 8.87. The molecule has 0 aromatic heterocycles. The van der Waals surface area contributed by atoms with Gasteiger partial charge in [0.25, 0.3) is 0 Å². The maximum atomic E-state index is 9.45. The number of nitrogens with zero attached hydrogens (tertiary/aromatic N) is 1. The van der Waals surface area contributed by atoms with E-state index < -0.39 is 0 Å². The average molecular weight is 227 g/mol. The van der Waals surface area contributed by atoms with Crippen LogP contribution in [0, 0.1) is 16.7 Å². The maximum absolute atomic E-state index is 9.45. The molecular formula is C16H21N. The van der Waals surface area contributed by atoms with E-state index in [9.17, 15) is 5.26 Å².